The van der Waals surface area contributed by atoms with E-state index in [1.165, 1.54) is 0 Å². The predicted octanol–water partition coefficient (Wildman–Crippen LogP) is 4.12. The summed E-state index contributed by atoms with van der Waals surface area (Å²) in [7, 11) is 0. The molecule has 0 radical (unpaired) electrons. The fourth-order valence-electron chi connectivity index (χ4n) is 3.55. The highest BCUT2D eigenvalue weighted by molar-refractivity contribution is 6.30. The molecule has 2 nitrogen and oxygen atoms in total. The van der Waals surface area contributed by atoms with Crippen LogP contribution in [0.3, 0.4) is 0 Å². The Labute approximate surface area is 125 Å². The molecule has 3 rings (SSSR count). The summed E-state index contributed by atoms with van der Waals surface area (Å²) in [5.74, 6) is 1.18. The van der Waals surface area contributed by atoms with Crippen molar-refractivity contribution in [2.45, 2.75) is 32.7 Å². The third-order valence-electron chi connectivity index (χ3n) is 4.91. The van der Waals surface area contributed by atoms with Crippen molar-refractivity contribution in [2.24, 2.45) is 17.3 Å². The topological polar surface area (TPSA) is 29.1 Å². The molecule has 0 aromatic heterocycles. The highest BCUT2D eigenvalue weighted by Crippen LogP contribution is 2.52. The molecule has 2 unspecified atom stereocenters. The monoisotopic (exact) mass is 289 g/mol. The van der Waals surface area contributed by atoms with Crippen molar-refractivity contribution in [2.75, 3.05) is 0 Å². The number of hydrogen-bond acceptors (Lipinski definition) is 1. The van der Waals surface area contributed by atoms with E-state index in [1.54, 1.807) is 0 Å². The smallest absolute Gasteiger partial charge is 0.227 e. The number of halogens is 1. The lowest BCUT2D eigenvalue weighted by Gasteiger charge is -2.31. The van der Waals surface area contributed by atoms with Gasteiger partial charge >= 0.3 is 0 Å². The summed E-state index contributed by atoms with van der Waals surface area (Å²) >= 11 is 5.90. The van der Waals surface area contributed by atoms with E-state index in [0.29, 0.717) is 11.8 Å². The van der Waals surface area contributed by atoms with Crippen LogP contribution in [0.5, 0.6) is 0 Å². The summed E-state index contributed by atoms with van der Waals surface area (Å²) in [5.41, 5.74) is 0.852. The zero-order chi connectivity index (χ0) is 14.3. The van der Waals surface area contributed by atoms with Gasteiger partial charge in [0, 0.05) is 5.02 Å². The summed E-state index contributed by atoms with van der Waals surface area (Å²) in [6.07, 6.45) is 6.61. The van der Waals surface area contributed by atoms with Gasteiger partial charge < -0.3 is 5.32 Å². The molecule has 1 amide bonds. The first-order valence-corrected chi connectivity index (χ1v) is 7.61. The molecule has 0 saturated heterocycles. The van der Waals surface area contributed by atoms with Crippen molar-refractivity contribution in [3.8, 4) is 0 Å². The first kappa shape index (κ1) is 13.7. The van der Waals surface area contributed by atoms with Gasteiger partial charge in [-0.25, -0.2) is 0 Å². The number of benzene rings is 1. The van der Waals surface area contributed by atoms with E-state index in [2.05, 4.69) is 24.4 Å². The summed E-state index contributed by atoms with van der Waals surface area (Å²) < 4.78 is 0. The van der Waals surface area contributed by atoms with Crippen molar-refractivity contribution < 1.29 is 4.79 Å². The van der Waals surface area contributed by atoms with E-state index in [0.717, 1.165) is 23.4 Å². The van der Waals surface area contributed by atoms with Gasteiger partial charge in [0.15, 0.2) is 0 Å². The molecular weight excluding hydrogens is 270 g/mol. The number of allylic oxidation sites excluding steroid dienone is 2. The normalized spacial score (nSPS) is 32.4. The van der Waals surface area contributed by atoms with Gasteiger partial charge in [0.05, 0.1) is 11.5 Å². The maximum absolute atomic E-state index is 12.6. The van der Waals surface area contributed by atoms with Crippen LogP contribution in [0.4, 0.5) is 0 Å². The molecule has 2 bridgehead atoms. The third kappa shape index (κ3) is 2.26. The molecule has 0 heterocycles. The van der Waals surface area contributed by atoms with Gasteiger partial charge in [0.25, 0.3) is 0 Å². The van der Waals surface area contributed by atoms with Gasteiger partial charge in [-0.15, -0.1) is 0 Å². The second-order valence-electron chi connectivity index (χ2n) is 6.36. The number of hydrogen-bond donors (Lipinski definition) is 1. The van der Waals surface area contributed by atoms with Crippen molar-refractivity contribution in [3.63, 3.8) is 0 Å². The number of fused-ring (bicyclic) bond motifs is 2. The largest absolute Gasteiger partial charge is 0.349 e. The lowest BCUT2D eigenvalue weighted by Crippen LogP contribution is -2.42. The van der Waals surface area contributed by atoms with Crippen LogP contribution in [0.2, 0.25) is 5.02 Å². The molecule has 2 aliphatic carbocycles. The number of amides is 1. The van der Waals surface area contributed by atoms with E-state index in [-0.39, 0.29) is 17.4 Å². The first-order valence-electron chi connectivity index (χ1n) is 7.24. The molecule has 0 aliphatic heterocycles. The van der Waals surface area contributed by atoms with Crippen molar-refractivity contribution in [1.29, 1.82) is 0 Å². The maximum Gasteiger partial charge on any atom is 0.227 e. The van der Waals surface area contributed by atoms with Crippen LogP contribution in [0.25, 0.3) is 0 Å². The Morgan fingerprint density at radius 3 is 2.60 bits per heavy atom. The summed E-state index contributed by atoms with van der Waals surface area (Å²) in [5, 5.41) is 3.89. The maximum atomic E-state index is 12.6. The fourth-order valence-corrected chi connectivity index (χ4v) is 3.68. The van der Waals surface area contributed by atoms with Gasteiger partial charge in [0.1, 0.15) is 0 Å². The van der Waals surface area contributed by atoms with Crippen molar-refractivity contribution in [3.05, 3.63) is 47.0 Å². The van der Waals surface area contributed by atoms with Crippen LogP contribution < -0.4 is 5.32 Å². The van der Waals surface area contributed by atoms with E-state index in [9.17, 15) is 4.79 Å². The minimum Gasteiger partial charge on any atom is -0.349 e. The molecule has 3 heteroatoms. The van der Waals surface area contributed by atoms with Crippen molar-refractivity contribution in [1.82, 2.24) is 5.32 Å². The molecule has 20 heavy (non-hydrogen) atoms. The average molecular weight is 290 g/mol. The number of carbonyl (C=O) groups excluding carboxylic acids is 1. The Morgan fingerprint density at radius 2 is 2.05 bits per heavy atom. The zero-order valence-electron chi connectivity index (χ0n) is 11.9. The van der Waals surface area contributed by atoms with Crippen LogP contribution >= 0.6 is 11.6 Å². The molecule has 1 saturated carbocycles. The molecule has 1 aromatic carbocycles. The van der Waals surface area contributed by atoms with Crippen LogP contribution in [0.1, 0.15) is 38.3 Å². The number of nitrogens with one attached hydrogen (secondary N) is 1. The highest BCUT2D eigenvalue weighted by Gasteiger charge is 2.49. The highest BCUT2D eigenvalue weighted by atomic mass is 35.5. The minimum atomic E-state index is -0.236. The predicted molar refractivity (Wildman–Crippen MR) is 81.5 cm³/mol. The van der Waals surface area contributed by atoms with Crippen molar-refractivity contribution >= 4 is 17.5 Å². The Morgan fingerprint density at radius 1 is 1.35 bits per heavy atom. The molecule has 1 fully saturated rings. The number of carbonyl (C=O) groups is 1. The van der Waals surface area contributed by atoms with Gasteiger partial charge in [-0.05, 0) is 49.3 Å². The van der Waals surface area contributed by atoms with E-state index >= 15 is 0 Å². The molecule has 106 valence electrons. The van der Waals surface area contributed by atoms with Crippen LogP contribution in [0, 0.1) is 17.3 Å². The van der Waals surface area contributed by atoms with Crippen LogP contribution in [-0.4, -0.2) is 5.91 Å². The standard InChI is InChI=1S/C17H20ClNO/c1-11(13-4-7-15(18)8-5-13)19-16(20)17(2)10-12-3-6-14(17)9-12/h3-8,11-12,14H,9-10H2,1-2H3,(H,19,20)/t11?,12-,14+,17?/m0/s1. The summed E-state index contributed by atoms with van der Waals surface area (Å²) in [4.78, 5) is 12.6. The molecule has 1 N–H and O–H groups in total. The number of rotatable bonds is 3. The lowest BCUT2D eigenvalue weighted by atomic mass is 9.76. The summed E-state index contributed by atoms with van der Waals surface area (Å²) in [6, 6.07) is 7.68. The van der Waals surface area contributed by atoms with Gasteiger partial charge in [-0.1, -0.05) is 42.8 Å². The lowest BCUT2D eigenvalue weighted by molar-refractivity contribution is -0.132. The van der Waals surface area contributed by atoms with Crippen LogP contribution in [0.15, 0.2) is 36.4 Å². The summed E-state index contributed by atoms with van der Waals surface area (Å²) in [6.45, 7) is 4.12. The Hall–Kier alpha value is -1.28. The average Bonchev–Trinajstić information content (AvgIpc) is 3.00. The van der Waals surface area contributed by atoms with E-state index in [4.69, 9.17) is 11.6 Å². The molecular formula is C17H20ClNO. The quantitative estimate of drug-likeness (QED) is 0.833. The SMILES string of the molecule is CC(NC(=O)C1(C)C[C@H]2C=C[C@@H]1C2)c1ccc(Cl)cc1. The van der Waals surface area contributed by atoms with Gasteiger partial charge in [-0.2, -0.15) is 0 Å². The van der Waals surface area contributed by atoms with Gasteiger partial charge in [-0.3, -0.25) is 4.79 Å². The van der Waals surface area contributed by atoms with E-state index < -0.39 is 0 Å². The first-order chi connectivity index (χ1) is 9.49. The van der Waals surface area contributed by atoms with Gasteiger partial charge in [0.2, 0.25) is 5.91 Å². The fraction of sp³-hybridized carbons (Fsp3) is 0.471. The Kier molecular flexibility index (Phi) is 3.37. The second kappa shape index (κ2) is 4.92. The zero-order valence-corrected chi connectivity index (χ0v) is 12.7. The Bertz CT molecular complexity index is 551. The molecule has 1 aromatic rings. The van der Waals surface area contributed by atoms with E-state index in [1.807, 2.05) is 31.2 Å². The minimum absolute atomic E-state index is 0.0136. The second-order valence-corrected chi connectivity index (χ2v) is 6.79. The Balaban J connectivity index is 1.70. The molecule has 4 atom stereocenters. The third-order valence-corrected chi connectivity index (χ3v) is 5.17. The van der Waals surface area contributed by atoms with Crippen LogP contribution in [-0.2, 0) is 4.79 Å². The molecule has 0 spiro atoms. The molecule has 2 aliphatic rings.